The van der Waals surface area contributed by atoms with E-state index in [1.54, 1.807) is 7.05 Å². The topological polar surface area (TPSA) is 64.9 Å². The average molecular weight is 133 g/mol. The van der Waals surface area contributed by atoms with Crippen molar-refractivity contribution in [3.8, 4) is 0 Å². The molecule has 0 radical (unpaired) electrons. The highest BCUT2D eigenvalue weighted by Gasteiger charge is 1.91. The van der Waals surface area contributed by atoms with Crippen molar-refractivity contribution in [2.45, 2.75) is 6.42 Å². The SMILES string of the molecule is CN(CCCNO)N=O. The van der Waals surface area contributed by atoms with Gasteiger partial charge in [-0.2, -0.15) is 0 Å². The molecule has 5 heteroatoms. The Morgan fingerprint density at radius 1 is 1.78 bits per heavy atom. The van der Waals surface area contributed by atoms with E-state index >= 15 is 0 Å². The van der Waals surface area contributed by atoms with Crippen LogP contribution in [0.5, 0.6) is 0 Å². The molecule has 0 unspecified atom stereocenters. The fourth-order valence-corrected chi connectivity index (χ4v) is 0.428. The zero-order valence-electron chi connectivity index (χ0n) is 5.37. The highest BCUT2D eigenvalue weighted by atomic mass is 16.5. The van der Waals surface area contributed by atoms with Crippen molar-refractivity contribution < 1.29 is 5.21 Å². The molecule has 0 aromatic heterocycles. The van der Waals surface area contributed by atoms with Gasteiger partial charge in [0.25, 0.3) is 0 Å². The molecule has 9 heavy (non-hydrogen) atoms. The number of hydrogen-bond donors (Lipinski definition) is 2. The van der Waals surface area contributed by atoms with Crippen LogP contribution < -0.4 is 5.48 Å². The van der Waals surface area contributed by atoms with Crippen molar-refractivity contribution in [1.29, 1.82) is 0 Å². The summed E-state index contributed by atoms with van der Waals surface area (Å²) in [5.74, 6) is 0. The monoisotopic (exact) mass is 133 g/mol. The molecule has 0 aliphatic heterocycles. The molecule has 0 heterocycles. The number of hydrogen-bond acceptors (Lipinski definition) is 4. The lowest BCUT2D eigenvalue weighted by Crippen LogP contribution is -2.17. The van der Waals surface area contributed by atoms with Gasteiger partial charge in [-0.1, -0.05) is 0 Å². The summed E-state index contributed by atoms with van der Waals surface area (Å²) in [5, 5.41) is 12.0. The average Bonchev–Trinajstić information content (AvgIpc) is 1.89. The number of nitrogens with one attached hydrogen (secondary N) is 1. The minimum Gasteiger partial charge on any atom is -0.317 e. The largest absolute Gasteiger partial charge is 0.317 e. The van der Waals surface area contributed by atoms with E-state index in [4.69, 9.17) is 5.21 Å². The van der Waals surface area contributed by atoms with E-state index in [9.17, 15) is 4.91 Å². The fourth-order valence-electron chi connectivity index (χ4n) is 0.428. The molecule has 0 aliphatic carbocycles. The van der Waals surface area contributed by atoms with E-state index in [0.29, 0.717) is 19.5 Å². The summed E-state index contributed by atoms with van der Waals surface area (Å²) in [4.78, 5) is 9.69. The predicted molar refractivity (Wildman–Crippen MR) is 32.8 cm³/mol. The molecule has 54 valence electrons. The van der Waals surface area contributed by atoms with Gasteiger partial charge in [-0.15, -0.1) is 4.91 Å². The van der Waals surface area contributed by atoms with Gasteiger partial charge < -0.3 is 5.21 Å². The van der Waals surface area contributed by atoms with Crippen molar-refractivity contribution in [3.63, 3.8) is 0 Å². The summed E-state index contributed by atoms with van der Waals surface area (Å²) >= 11 is 0. The normalized spacial score (nSPS) is 9.11. The quantitative estimate of drug-likeness (QED) is 0.314. The molecule has 0 atom stereocenters. The molecule has 0 aromatic rings. The van der Waals surface area contributed by atoms with Crippen molar-refractivity contribution in [1.82, 2.24) is 10.5 Å². The molecular weight excluding hydrogens is 122 g/mol. The van der Waals surface area contributed by atoms with Gasteiger partial charge in [-0.05, 0) is 6.42 Å². The minimum absolute atomic E-state index is 0.486. The maximum absolute atomic E-state index is 9.69. The highest BCUT2D eigenvalue weighted by Crippen LogP contribution is 1.84. The molecule has 0 saturated heterocycles. The Morgan fingerprint density at radius 3 is 2.89 bits per heavy atom. The molecule has 0 amide bonds. The van der Waals surface area contributed by atoms with Gasteiger partial charge in [0.05, 0.1) is 5.29 Å². The first kappa shape index (κ1) is 8.32. The highest BCUT2D eigenvalue weighted by molar-refractivity contribution is 4.43. The minimum atomic E-state index is 0.486. The zero-order chi connectivity index (χ0) is 7.11. The molecule has 0 bridgehead atoms. The molecule has 0 aliphatic rings. The summed E-state index contributed by atoms with van der Waals surface area (Å²) in [5.41, 5.74) is 1.98. The van der Waals surface area contributed by atoms with Crippen molar-refractivity contribution in [2.24, 2.45) is 5.29 Å². The third-order valence-electron chi connectivity index (χ3n) is 0.910. The fraction of sp³-hybridized carbons (Fsp3) is 1.00. The van der Waals surface area contributed by atoms with Gasteiger partial charge in [0.1, 0.15) is 0 Å². The number of nitroso groups, excluding NO2 is 1. The number of rotatable bonds is 5. The zero-order valence-corrected chi connectivity index (χ0v) is 5.37. The number of hydroxylamine groups is 1. The van der Waals surface area contributed by atoms with Crippen LogP contribution in [-0.4, -0.2) is 30.4 Å². The van der Waals surface area contributed by atoms with Gasteiger partial charge in [0.2, 0.25) is 0 Å². The molecule has 0 rings (SSSR count). The Labute approximate surface area is 53.6 Å². The van der Waals surface area contributed by atoms with E-state index in [2.05, 4.69) is 5.29 Å². The van der Waals surface area contributed by atoms with E-state index < -0.39 is 0 Å². The van der Waals surface area contributed by atoms with Crippen molar-refractivity contribution in [2.75, 3.05) is 20.1 Å². The number of nitrogens with zero attached hydrogens (tertiary/aromatic N) is 2. The van der Waals surface area contributed by atoms with Crippen LogP contribution in [0.15, 0.2) is 5.29 Å². The molecule has 0 fully saturated rings. The first-order chi connectivity index (χ1) is 4.31. The second-order valence-electron chi connectivity index (χ2n) is 1.72. The van der Waals surface area contributed by atoms with Crippen LogP contribution in [0.1, 0.15) is 6.42 Å². The van der Waals surface area contributed by atoms with Crippen LogP contribution in [0.25, 0.3) is 0 Å². The van der Waals surface area contributed by atoms with Gasteiger partial charge in [-0.25, -0.2) is 5.48 Å². The first-order valence-corrected chi connectivity index (χ1v) is 2.72. The first-order valence-electron chi connectivity index (χ1n) is 2.72. The van der Waals surface area contributed by atoms with Crippen LogP contribution in [0.3, 0.4) is 0 Å². The lowest BCUT2D eigenvalue weighted by Gasteiger charge is -2.05. The van der Waals surface area contributed by atoms with Crippen LogP contribution in [0, 0.1) is 4.91 Å². The van der Waals surface area contributed by atoms with Crippen molar-refractivity contribution in [3.05, 3.63) is 4.91 Å². The molecule has 2 N–H and O–H groups in total. The van der Waals surface area contributed by atoms with Crippen molar-refractivity contribution >= 4 is 0 Å². The van der Waals surface area contributed by atoms with E-state index in [1.807, 2.05) is 5.48 Å². The van der Waals surface area contributed by atoms with E-state index in [1.165, 1.54) is 5.01 Å². The molecule has 0 saturated carbocycles. The van der Waals surface area contributed by atoms with E-state index in [0.717, 1.165) is 0 Å². The molecule has 0 spiro atoms. The van der Waals surface area contributed by atoms with Crippen LogP contribution >= 0.6 is 0 Å². The summed E-state index contributed by atoms with van der Waals surface area (Å²) < 4.78 is 0. The molecular formula is C4H11N3O2. The maximum atomic E-state index is 9.69. The Balaban J connectivity index is 2.96. The summed E-state index contributed by atoms with van der Waals surface area (Å²) in [6, 6.07) is 0. The maximum Gasteiger partial charge on any atom is 0.0521 e. The third-order valence-corrected chi connectivity index (χ3v) is 0.910. The van der Waals surface area contributed by atoms with Gasteiger partial charge in [0, 0.05) is 20.1 Å². The van der Waals surface area contributed by atoms with Crippen LogP contribution in [0.2, 0.25) is 0 Å². The van der Waals surface area contributed by atoms with Gasteiger partial charge in [-0.3, -0.25) is 5.01 Å². The molecule has 5 nitrogen and oxygen atoms in total. The Hall–Kier alpha value is -0.680. The third kappa shape index (κ3) is 5.19. The lowest BCUT2D eigenvalue weighted by atomic mass is 10.4. The smallest absolute Gasteiger partial charge is 0.0521 e. The lowest BCUT2D eigenvalue weighted by molar-refractivity contribution is 0.160. The molecule has 0 aromatic carbocycles. The van der Waals surface area contributed by atoms with Crippen LogP contribution in [0.4, 0.5) is 0 Å². The Kier molecular flexibility index (Phi) is 5.04. The Bertz CT molecular complexity index is 78.2. The summed E-state index contributed by atoms with van der Waals surface area (Å²) in [6.07, 6.45) is 0.707. The second-order valence-corrected chi connectivity index (χ2v) is 1.72. The Morgan fingerprint density at radius 2 is 2.44 bits per heavy atom. The second kappa shape index (κ2) is 5.46. The summed E-state index contributed by atoms with van der Waals surface area (Å²) in [7, 11) is 1.59. The van der Waals surface area contributed by atoms with Gasteiger partial charge >= 0.3 is 0 Å². The standard InChI is InChI=1S/C4H11N3O2/c1-7(6-9)4-2-3-5-8/h5,8H,2-4H2,1H3. The summed E-state index contributed by atoms with van der Waals surface area (Å²) in [6.45, 7) is 1.05. The van der Waals surface area contributed by atoms with E-state index in [-0.39, 0.29) is 0 Å². The van der Waals surface area contributed by atoms with Crippen LogP contribution in [-0.2, 0) is 0 Å². The van der Waals surface area contributed by atoms with Gasteiger partial charge in [0.15, 0.2) is 0 Å². The predicted octanol–water partition coefficient (Wildman–Crippen LogP) is -0.0315.